The number of hydrogen-bond donors (Lipinski definition) is 1. The summed E-state index contributed by atoms with van der Waals surface area (Å²) in [5, 5.41) is 2.77. The smallest absolute Gasteiger partial charge is 0.305 e. The molecule has 0 spiro atoms. The second-order valence-corrected chi connectivity index (χ2v) is 9.92. The first kappa shape index (κ1) is 31.0. The zero-order valence-electron chi connectivity index (χ0n) is 21.1. The molecule has 32 heavy (non-hydrogen) atoms. The molecule has 188 valence electrons. The maximum absolute atomic E-state index is 11.8. The molecule has 0 fully saturated rings. The number of carbonyl (C=O) groups excluding carboxylic acids is 3. The Morgan fingerprint density at radius 3 is 1.78 bits per heavy atom. The highest BCUT2D eigenvalue weighted by atomic mass is 32.2. The molecule has 0 aromatic heterocycles. The van der Waals surface area contributed by atoms with Crippen molar-refractivity contribution < 1.29 is 19.1 Å². The van der Waals surface area contributed by atoms with E-state index >= 15 is 0 Å². The number of esters is 1. The van der Waals surface area contributed by atoms with E-state index in [-0.39, 0.29) is 17.7 Å². The fourth-order valence-corrected chi connectivity index (χ4v) is 4.45. The van der Waals surface area contributed by atoms with Crippen LogP contribution in [0.3, 0.4) is 0 Å². The fraction of sp³-hybridized carbons (Fsp3) is 0.885. The van der Waals surface area contributed by atoms with Gasteiger partial charge in [0.1, 0.15) is 6.61 Å². The van der Waals surface area contributed by atoms with E-state index in [1.807, 2.05) is 6.92 Å². The molecule has 0 radical (unpaired) electrons. The molecule has 6 heteroatoms. The third kappa shape index (κ3) is 20.8. The van der Waals surface area contributed by atoms with Crippen molar-refractivity contribution in [2.24, 2.45) is 0 Å². The van der Waals surface area contributed by atoms with Crippen LogP contribution < -0.4 is 5.32 Å². The zero-order valence-corrected chi connectivity index (χ0v) is 21.9. The lowest BCUT2D eigenvalue weighted by Crippen LogP contribution is -2.41. The lowest BCUT2D eigenvalue weighted by molar-refractivity contribution is -0.143. The minimum Gasteiger partial charge on any atom is -0.465 e. The average molecular weight is 472 g/mol. The topological polar surface area (TPSA) is 72.5 Å². The molecule has 0 saturated heterocycles. The van der Waals surface area contributed by atoms with E-state index in [0.717, 1.165) is 19.3 Å². The summed E-state index contributed by atoms with van der Waals surface area (Å²) >= 11 is 1.53. The summed E-state index contributed by atoms with van der Waals surface area (Å²) < 4.78 is 5.28. The van der Waals surface area contributed by atoms with Gasteiger partial charge < -0.3 is 10.1 Å². The number of ether oxygens (including phenoxy) is 1. The van der Waals surface area contributed by atoms with E-state index in [1.165, 1.54) is 89.3 Å². The van der Waals surface area contributed by atoms with Gasteiger partial charge in [0.15, 0.2) is 5.78 Å². The molecular weight excluding hydrogens is 422 g/mol. The van der Waals surface area contributed by atoms with Gasteiger partial charge in [-0.05, 0) is 19.8 Å². The van der Waals surface area contributed by atoms with Gasteiger partial charge >= 0.3 is 5.97 Å². The summed E-state index contributed by atoms with van der Waals surface area (Å²) in [6.45, 7) is 6.04. The Kier molecular flexibility index (Phi) is 22.4. The number of unbranched alkanes of at least 4 members (excludes halogenated alkanes) is 12. The number of nitrogens with one attached hydrogen (secondary N) is 1. The van der Waals surface area contributed by atoms with Gasteiger partial charge in [0.2, 0.25) is 5.91 Å². The Morgan fingerprint density at radius 1 is 0.750 bits per heavy atom. The second kappa shape index (κ2) is 23.1. The van der Waals surface area contributed by atoms with Gasteiger partial charge in [0.25, 0.3) is 0 Å². The lowest BCUT2D eigenvalue weighted by Gasteiger charge is -2.15. The van der Waals surface area contributed by atoms with Crippen molar-refractivity contribution in [1.29, 1.82) is 0 Å². The van der Waals surface area contributed by atoms with Gasteiger partial charge in [0, 0.05) is 24.3 Å². The van der Waals surface area contributed by atoms with E-state index in [0.29, 0.717) is 31.0 Å². The van der Waals surface area contributed by atoms with Crippen LogP contribution >= 0.6 is 11.8 Å². The minimum atomic E-state index is -0.458. The molecule has 0 rings (SSSR count). The quantitative estimate of drug-likeness (QED) is 0.134. The van der Waals surface area contributed by atoms with E-state index in [4.69, 9.17) is 4.74 Å². The van der Waals surface area contributed by atoms with Crippen molar-refractivity contribution >= 4 is 29.4 Å². The summed E-state index contributed by atoms with van der Waals surface area (Å²) in [7, 11) is 0. The van der Waals surface area contributed by atoms with Gasteiger partial charge in [-0.2, -0.15) is 11.8 Å². The first-order valence-electron chi connectivity index (χ1n) is 13.0. The number of amides is 1. The maximum atomic E-state index is 11.8. The summed E-state index contributed by atoms with van der Waals surface area (Å²) in [5.74, 6) is 0.894. The monoisotopic (exact) mass is 471 g/mol. The molecule has 0 aromatic carbocycles. The Morgan fingerprint density at radius 2 is 1.28 bits per heavy atom. The highest BCUT2D eigenvalue weighted by molar-refractivity contribution is 7.99. The average Bonchev–Trinajstić information content (AvgIpc) is 2.76. The van der Waals surface area contributed by atoms with Crippen LogP contribution in [0.1, 0.15) is 124 Å². The van der Waals surface area contributed by atoms with E-state index < -0.39 is 6.04 Å². The number of rotatable bonds is 23. The molecule has 0 unspecified atom stereocenters. The van der Waals surface area contributed by atoms with Crippen LogP contribution in [-0.4, -0.2) is 41.8 Å². The predicted molar refractivity (Wildman–Crippen MR) is 136 cm³/mol. The third-order valence-electron chi connectivity index (χ3n) is 5.56. The SMILES string of the molecule is CCCCCCCCCCCCCCCC(=O)OCCSC[C@H](NC(=O)CCC)C(C)=O. The van der Waals surface area contributed by atoms with Crippen LogP contribution in [0.5, 0.6) is 0 Å². The number of hydrogen-bond acceptors (Lipinski definition) is 5. The van der Waals surface area contributed by atoms with Crippen molar-refractivity contribution in [2.45, 2.75) is 130 Å². The van der Waals surface area contributed by atoms with Crippen LogP contribution in [-0.2, 0) is 19.1 Å². The van der Waals surface area contributed by atoms with Crippen LogP contribution in [0.15, 0.2) is 0 Å². The van der Waals surface area contributed by atoms with Gasteiger partial charge in [-0.15, -0.1) is 0 Å². The largest absolute Gasteiger partial charge is 0.465 e. The van der Waals surface area contributed by atoms with Crippen LogP contribution in [0.25, 0.3) is 0 Å². The second-order valence-electron chi connectivity index (χ2n) is 8.77. The van der Waals surface area contributed by atoms with Gasteiger partial charge in [0.05, 0.1) is 6.04 Å². The molecule has 0 heterocycles. The molecule has 0 aliphatic rings. The third-order valence-corrected chi connectivity index (χ3v) is 6.59. The molecule has 5 nitrogen and oxygen atoms in total. The first-order valence-corrected chi connectivity index (χ1v) is 14.2. The molecule has 1 atom stereocenters. The van der Waals surface area contributed by atoms with Crippen molar-refractivity contribution in [1.82, 2.24) is 5.32 Å². The molecule has 1 amide bonds. The molecular formula is C26H49NO4S. The zero-order chi connectivity index (χ0) is 23.9. The van der Waals surface area contributed by atoms with Crippen LogP contribution in [0.4, 0.5) is 0 Å². The Balaban J connectivity index is 3.49. The summed E-state index contributed by atoms with van der Waals surface area (Å²) in [4.78, 5) is 35.1. The molecule has 0 aromatic rings. The lowest BCUT2D eigenvalue weighted by atomic mass is 10.0. The molecule has 0 saturated carbocycles. The Labute approximate surface area is 201 Å². The van der Waals surface area contributed by atoms with E-state index in [1.54, 1.807) is 0 Å². The maximum Gasteiger partial charge on any atom is 0.305 e. The van der Waals surface area contributed by atoms with E-state index in [9.17, 15) is 14.4 Å². The summed E-state index contributed by atoms with van der Waals surface area (Å²) in [6, 6.07) is -0.458. The van der Waals surface area contributed by atoms with Gasteiger partial charge in [-0.25, -0.2) is 0 Å². The highest BCUT2D eigenvalue weighted by Crippen LogP contribution is 2.13. The molecule has 1 N–H and O–H groups in total. The van der Waals surface area contributed by atoms with Gasteiger partial charge in [-0.3, -0.25) is 14.4 Å². The summed E-state index contributed by atoms with van der Waals surface area (Å²) in [5.41, 5.74) is 0. The Bertz CT molecular complexity index is 484. The standard InChI is InChI=1S/C26H49NO4S/c1-4-6-7-8-9-10-11-12-13-14-15-16-17-19-26(30)31-20-21-32-22-24(23(3)28)27-25(29)18-5-2/h24H,4-22H2,1-3H3,(H,27,29)/t24-/m0/s1. The van der Waals surface area contributed by atoms with Crippen LogP contribution in [0.2, 0.25) is 0 Å². The van der Waals surface area contributed by atoms with E-state index in [2.05, 4.69) is 12.2 Å². The van der Waals surface area contributed by atoms with Crippen molar-refractivity contribution in [3.8, 4) is 0 Å². The van der Waals surface area contributed by atoms with Crippen molar-refractivity contribution in [3.63, 3.8) is 0 Å². The highest BCUT2D eigenvalue weighted by Gasteiger charge is 2.16. The number of carbonyl (C=O) groups is 3. The van der Waals surface area contributed by atoms with Crippen molar-refractivity contribution in [2.75, 3.05) is 18.1 Å². The van der Waals surface area contributed by atoms with Crippen molar-refractivity contribution in [3.05, 3.63) is 0 Å². The number of ketones is 1. The van der Waals surface area contributed by atoms with Gasteiger partial charge in [-0.1, -0.05) is 90.9 Å². The number of thioether (sulfide) groups is 1. The first-order chi connectivity index (χ1) is 15.5. The molecule has 0 bridgehead atoms. The summed E-state index contributed by atoms with van der Waals surface area (Å²) in [6.07, 6.45) is 18.5. The Hall–Kier alpha value is -1.04. The normalized spacial score (nSPS) is 11.8. The molecule has 0 aliphatic carbocycles. The minimum absolute atomic E-state index is 0.0404. The molecule has 0 aliphatic heterocycles. The fourth-order valence-electron chi connectivity index (χ4n) is 3.53. The number of Topliss-reactive ketones (excluding diaryl/α,β-unsaturated/α-hetero) is 1. The predicted octanol–water partition coefficient (Wildman–Crippen LogP) is 6.62. The van der Waals surface area contributed by atoms with Crippen LogP contribution in [0, 0.1) is 0 Å².